The first kappa shape index (κ1) is 21.8. The van der Waals surface area contributed by atoms with Crippen molar-refractivity contribution in [3.8, 4) is 0 Å². The van der Waals surface area contributed by atoms with Gasteiger partial charge in [-0.2, -0.15) is 13.2 Å². The molecule has 2 aromatic carbocycles. The average molecular weight is 460 g/mol. The molecule has 0 bridgehead atoms. The zero-order valence-electron chi connectivity index (χ0n) is 14.8. The summed E-state index contributed by atoms with van der Waals surface area (Å²) in [5.41, 5.74) is -1.39. The highest BCUT2D eigenvalue weighted by Crippen LogP contribution is 2.33. The van der Waals surface area contributed by atoms with Crippen molar-refractivity contribution in [2.75, 3.05) is 5.32 Å². The number of nitrogens with one attached hydrogen (secondary N) is 2. The van der Waals surface area contributed by atoms with Crippen molar-refractivity contribution in [1.82, 2.24) is 14.9 Å². The van der Waals surface area contributed by atoms with Gasteiger partial charge in [0.15, 0.2) is 0 Å². The Kier molecular flexibility index (Phi) is 6.14. The van der Waals surface area contributed by atoms with Crippen LogP contribution in [0.15, 0.2) is 53.4 Å². The second-order valence-corrected chi connectivity index (χ2v) is 8.55. The number of para-hydroxylation sites is 1. The number of amides is 1. The van der Waals surface area contributed by atoms with E-state index < -0.39 is 44.9 Å². The monoisotopic (exact) mass is 460 g/mol. The van der Waals surface area contributed by atoms with Crippen molar-refractivity contribution >= 4 is 33.0 Å². The fourth-order valence-electron chi connectivity index (χ4n) is 2.32. The molecular weight excluding hydrogens is 448 g/mol. The molecule has 0 aliphatic carbocycles. The maximum Gasteiger partial charge on any atom is 0.417 e. The van der Waals surface area contributed by atoms with Crippen LogP contribution in [0.2, 0.25) is 0 Å². The van der Waals surface area contributed by atoms with Crippen molar-refractivity contribution in [2.24, 2.45) is 0 Å². The fraction of sp³-hybridized carbons (Fsp3) is 0.118. The molecule has 0 radical (unpaired) electrons. The number of alkyl halides is 3. The minimum Gasteiger partial charge on any atom is -0.317 e. The summed E-state index contributed by atoms with van der Waals surface area (Å²) in [6, 6.07) is 9.17. The van der Waals surface area contributed by atoms with Gasteiger partial charge in [0.2, 0.25) is 15.0 Å². The fourth-order valence-corrected chi connectivity index (χ4v) is 4.30. The van der Waals surface area contributed by atoms with Crippen molar-refractivity contribution < 1.29 is 30.8 Å². The number of halogens is 4. The van der Waals surface area contributed by atoms with Crippen molar-refractivity contribution in [3.05, 3.63) is 69.9 Å². The van der Waals surface area contributed by atoms with E-state index >= 15 is 0 Å². The van der Waals surface area contributed by atoms with Crippen LogP contribution >= 0.6 is 11.3 Å². The molecule has 0 atom stereocenters. The van der Waals surface area contributed by atoms with Gasteiger partial charge in [-0.25, -0.2) is 17.5 Å². The molecule has 0 fully saturated rings. The molecule has 7 nitrogen and oxygen atoms in total. The SMILES string of the molecule is O=C(Nc1ccccc1F)c1nnc(CNS(=O)(=O)c2ccccc2C(F)(F)F)s1. The minimum atomic E-state index is -4.86. The first-order valence-electron chi connectivity index (χ1n) is 8.12. The summed E-state index contributed by atoms with van der Waals surface area (Å²) in [4.78, 5) is 11.2. The largest absolute Gasteiger partial charge is 0.417 e. The van der Waals surface area contributed by atoms with Crippen LogP contribution in [0.25, 0.3) is 0 Å². The van der Waals surface area contributed by atoms with Crippen LogP contribution in [0.3, 0.4) is 0 Å². The molecule has 3 aromatic rings. The van der Waals surface area contributed by atoms with Crippen LogP contribution in [0, 0.1) is 5.82 Å². The van der Waals surface area contributed by atoms with Crippen LogP contribution < -0.4 is 10.0 Å². The predicted molar refractivity (Wildman–Crippen MR) is 99.7 cm³/mol. The molecule has 2 N–H and O–H groups in total. The summed E-state index contributed by atoms with van der Waals surface area (Å²) in [6.07, 6.45) is -4.86. The van der Waals surface area contributed by atoms with Gasteiger partial charge in [-0.3, -0.25) is 4.79 Å². The third-order valence-electron chi connectivity index (χ3n) is 3.68. The van der Waals surface area contributed by atoms with Gasteiger partial charge < -0.3 is 5.32 Å². The maximum absolute atomic E-state index is 13.6. The molecule has 1 amide bonds. The predicted octanol–water partition coefficient (Wildman–Crippen LogP) is 3.43. The number of carbonyl (C=O) groups excluding carboxylic acids is 1. The molecule has 0 unspecified atom stereocenters. The van der Waals surface area contributed by atoms with Crippen LogP contribution in [-0.4, -0.2) is 24.5 Å². The summed E-state index contributed by atoms with van der Waals surface area (Å²) in [5, 5.41) is 9.37. The van der Waals surface area contributed by atoms with Gasteiger partial charge in [-0.05, 0) is 24.3 Å². The quantitative estimate of drug-likeness (QED) is 0.549. The van der Waals surface area contributed by atoms with Crippen LogP contribution in [-0.2, 0) is 22.7 Å². The molecule has 1 heterocycles. The van der Waals surface area contributed by atoms with Crippen molar-refractivity contribution in [1.29, 1.82) is 0 Å². The Morgan fingerprint density at radius 3 is 2.40 bits per heavy atom. The van der Waals surface area contributed by atoms with Crippen LogP contribution in [0.1, 0.15) is 20.4 Å². The lowest BCUT2D eigenvalue weighted by molar-refractivity contribution is -0.139. The third kappa shape index (κ3) is 4.98. The van der Waals surface area contributed by atoms with Gasteiger partial charge in [0, 0.05) is 0 Å². The maximum atomic E-state index is 13.6. The summed E-state index contributed by atoms with van der Waals surface area (Å²) in [5.74, 6) is -1.43. The standard InChI is InChI=1S/C17H12F4N4O3S2/c18-11-6-2-3-7-12(11)23-15(26)16-25-24-14(29-16)9-22-30(27,28)13-8-4-1-5-10(13)17(19,20)21/h1-8,22H,9H2,(H,23,26). The van der Waals surface area contributed by atoms with Gasteiger partial charge in [0.1, 0.15) is 10.8 Å². The Balaban J connectivity index is 1.71. The molecule has 13 heteroatoms. The molecule has 0 spiro atoms. The zero-order chi connectivity index (χ0) is 21.9. The molecule has 30 heavy (non-hydrogen) atoms. The Bertz CT molecular complexity index is 1180. The molecular formula is C17H12F4N4O3S2. The first-order valence-corrected chi connectivity index (χ1v) is 10.4. The molecule has 158 valence electrons. The molecule has 0 saturated carbocycles. The van der Waals surface area contributed by atoms with E-state index in [4.69, 9.17) is 0 Å². The van der Waals surface area contributed by atoms with E-state index in [1.165, 1.54) is 24.3 Å². The van der Waals surface area contributed by atoms with Gasteiger partial charge in [0.05, 0.1) is 22.7 Å². The van der Waals surface area contributed by atoms with E-state index in [0.29, 0.717) is 17.4 Å². The third-order valence-corrected chi connectivity index (χ3v) is 6.06. The van der Waals surface area contributed by atoms with E-state index in [-0.39, 0.29) is 15.7 Å². The van der Waals surface area contributed by atoms with E-state index in [0.717, 1.165) is 18.2 Å². The summed E-state index contributed by atoms with van der Waals surface area (Å²) < 4.78 is 79.4. The van der Waals surface area contributed by atoms with Gasteiger partial charge in [-0.1, -0.05) is 35.6 Å². The van der Waals surface area contributed by atoms with Gasteiger partial charge in [0.25, 0.3) is 5.91 Å². The number of aromatic nitrogens is 2. The van der Waals surface area contributed by atoms with Crippen molar-refractivity contribution in [2.45, 2.75) is 17.6 Å². The molecule has 0 saturated heterocycles. The lowest BCUT2D eigenvalue weighted by atomic mass is 10.2. The molecule has 0 aliphatic rings. The number of hydrogen-bond donors (Lipinski definition) is 2. The van der Waals surface area contributed by atoms with Crippen LogP contribution in [0.5, 0.6) is 0 Å². The topological polar surface area (TPSA) is 101 Å². The first-order chi connectivity index (χ1) is 14.1. The Morgan fingerprint density at radius 2 is 1.70 bits per heavy atom. The molecule has 3 rings (SSSR count). The molecule has 1 aromatic heterocycles. The highest BCUT2D eigenvalue weighted by molar-refractivity contribution is 7.89. The number of rotatable bonds is 6. The van der Waals surface area contributed by atoms with E-state index in [1.54, 1.807) is 0 Å². The Morgan fingerprint density at radius 1 is 1.03 bits per heavy atom. The smallest absolute Gasteiger partial charge is 0.317 e. The van der Waals surface area contributed by atoms with Crippen molar-refractivity contribution in [3.63, 3.8) is 0 Å². The average Bonchev–Trinajstić information content (AvgIpc) is 3.17. The number of nitrogens with zero attached hydrogens (tertiary/aromatic N) is 2. The highest BCUT2D eigenvalue weighted by Gasteiger charge is 2.36. The Hall–Kier alpha value is -2.90. The highest BCUT2D eigenvalue weighted by atomic mass is 32.2. The number of anilines is 1. The van der Waals surface area contributed by atoms with E-state index in [2.05, 4.69) is 15.5 Å². The number of sulfonamides is 1. The summed E-state index contributed by atoms with van der Waals surface area (Å²) in [6.45, 7) is -0.487. The normalized spacial score (nSPS) is 12.0. The number of benzene rings is 2. The second kappa shape index (κ2) is 8.45. The number of hydrogen-bond acceptors (Lipinski definition) is 6. The summed E-state index contributed by atoms with van der Waals surface area (Å²) in [7, 11) is -4.52. The Labute approximate surface area is 171 Å². The lowest BCUT2D eigenvalue weighted by Gasteiger charge is -2.13. The zero-order valence-corrected chi connectivity index (χ0v) is 16.4. The van der Waals surface area contributed by atoms with Gasteiger partial charge >= 0.3 is 6.18 Å². The van der Waals surface area contributed by atoms with E-state index in [9.17, 15) is 30.8 Å². The second-order valence-electron chi connectivity index (χ2n) is 5.75. The molecule has 0 aliphatic heterocycles. The van der Waals surface area contributed by atoms with Gasteiger partial charge in [-0.15, -0.1) is 10.2 Å². The number of carbonyl (C=O) groups is 1. The lowest BCUT2D eigenvalue weighted by Crippen LogP contribution is -2.26. The summed E-state index contributed by atoms with van der Waals surface area (Å²) >= 11 is 0.706. The minimum absolute atomic E-state index is 0.0294. The van der Waals surface area contributed by atoms with Crippen LogP contribution in [0.4, 0.5) is 23.2 Å². The van der Waals surface area contributed by atoms with E-state index in [1.807, 2.05) is 4.72 Å².